The first-order chi connectivity index (χ1) is 10.8. The van der Waals surface area contributed by atoms with Gasteiger partial charge < -0.3 is 4.90 Å². The smallest absolute Gasteiger partial charge is 0.341 e. The lowest BCUT2D eigenvalue weighted by atomic mass is 10.0. The van der Waals surface area contributed by atoms with Crippen molar-refractivity contribution in [3.63, 3.8) is 0 Å². The fourth-order valence-corrected chi connectivity index (χ4v) is 2.55. The van der Waals surface area contributed by atoms with Crippen LogP contribution in [0.2, 0.25) is 0 Å². The number of hydrogen-bond acceptors (Lipinski definition) is 1. The van der Waals surface area contributed by atoms with E-state index in [-0.39, 0.29) is 11.2 Å². The Morgan fingerprint density at radius 1 is 1.00 bits per heavy atom. The second-order valence-corrected chi connectivity index (χ2v) is 5.72. The maximum absolute atomic E-state index is 12.6. The van der Waals surface area contributed by atoms with E-state index in [4.69, 9.17) is 0 Å². The molecule has 0 aliphatic carbocycles. The summed E-state index contributed by atoms with van der Waals surface area (Å²) in [5.41, 5.74) is 1.84. The van der Waals surface area contributed by atoms with Crippen LogP contribution < -0.4 is 0 Å². The highest BCUT2D eigenvalue weighted by molar-refractivity contribution is 9.09. The first kappa shape index (κ1) is 17.5. The zero-order valence-corrected chi connectivity index (χ0v) is 14.0. The van der Waals surface area contributed by atoms with Gasteiger partial charge in [-0.1, -0.05) is 52.3 Å². The summed E-state index contributed by atoms with van der Waals surface area (Å²) in [7, 11) is 1.72. The van der Waals surface area contributed by atoms with Crippen molar-refractivity contribution < 1.29 is 18.0 Å². The standard InChI is InChI=1S/C17H15BrF3NO/c1-22(16(23)10-18)11-12-2-4-13(5-3-12)14-6-8-15(9-7-14)17(19,20)21/h2-9H,10-11H2,1H3. The molecule has 0 heterocycles. The van der Waals surface area contributed by atoms with Crippen molar-refractivity contribution >= 4 is 21.8 Å². The molecule has 6 heteroatoms. The molecule has 0 aliphatic heterocycles. The summed E-state index contributed by atoms with van der Waals surface area (Å²) in [5, 5.41) is 0.271. The summed E-state index contributed by atoms with van der Waals surface area (Å²) in [6.45, 7) is 0.484. The van der Waals surface area contributed by atoms with Gasteiger partial charge in [0, 0.05) is 13.6 Å². The molecule has 0 saturated heterocycles. The molecule has 0 atom stereocenters. The fourth-order valence-electron chi connectivity index (χ4n) is 2.12. The van der Waals surface area contributed by atoms with Gasteiger partial charge in [0.05, 0.1) is 10.9 Å². The minimum Gasteiger partial charge on any atom is -0.341 e. The Bertz CT molecular complexity index is 666. The Kier molecular flexibility index (Phi) is 5.46. The Balaban J connectivity index is 2.12. The minimum absolute atomic E-state index is 0.0168. The van der Waals surface area contributed by atoms with Gasteiger partial charge in [0.15, 0.2) is 0 Å². The lowest BCUT2D eigenvalue weighted by Gasteiger charge is -2.16. The van der Waals surface area contributed by atoms with Gasteiger partial charge in [0.1, 0.15) is 0 Å². The van der Waals surface area contributed by atoms with Crippen LogP contribution in [0.3, 0.4) is 0 Å². The van der Waals surface area contributed by atoms with Crippen molar-refractivity contribution in [2.75, 3.05) is 12.4 Å². The maximum Gasteiger partial charge on any atom is 0.416 e. The first-order valence-corrected chi connectivity index (χ1v) is 8.00. The zero-order valence-electron chi connectivity index (χ0n) is 12.4. The molecule has 2 rings (SSSR count). The van der Waals surface area contributed by atoms with Crippen molar-refractivity contribution in [2.45, 2.75) is 12.7 Å². The Morgan fingerprint density at radius 3 is 1.91 bits per heavy atom. The molecule has 122 valence electrons. The Hall–Kier alpha value is -1.82. The molecule has 2 aromatic rings. The number of benzene rings is 2. The van der Waals surface area contributed by atoms with E-state index in [9.17, 15) is 18.0 Å². The fraction of sp³-hybridized carbons (Fsp3) is 0.235. The molecule has 0 fully saturated rings. The van der Waals surface area contributed by atoms with Gasteiger partial charge in [-0.2, -0.15) is 13.2 Å². The highest BCUT2D eigenvalue weighted by Gasteiger charge is 2.29. The second kappa shape index (κ2) is 7.17. The Morgan fingerprint density at radius 2 is 1.48 bits per heavy atom. The van der Waals surface area contributed by atoms with Crippen molar-refractivity contribution in [1.29, 1.82) is 0 Å². The normalized spacial score (nSPS) is 11.3. The van der Waals surface area contributed by atoms with Gasteiger partial charge in [-0.15, -0.1) is 0 Å². The summed E-state index contributed by atoms with van der Waals surface area (Å²) in [6.07, 6.45) is -4.32. The molecule has 0 unspecified atom stereocenters. The largest absolute Gasteiger partial charge is 0.416 e. The van der Waals surface area contributed by atoms with Gasteiger partial charge in [-0.3, -0.25) is 4.79 Å². The van der Waals surface area contributed by atoms with Crippen LogP contribution in [0.25, 0.3) is 11.1 Å². The summed E-state index contributed by atoms with van der Waals surface area (Å²) >= 11 is 3.12. The molecule has 0 N–H and O–H groups in total. The third-order valence-electron chi connectivity index (χ3n) is 3.46. The summed E-state index contributed by atoms with van der Waals surface area (Å²) < 4.78 is 37.7. The molecule has 0 aromatic heterocycles. The lowest BCUT2D eigenvalue weighted by molar-refractivity contribution is -0.137. The van der Waals surface area contributed by atoms with E-state index >= 15 is 0 Å². The number of rotatable bonds is 4. The molecule has 2 aromatic carbocycles. The minimum atomic E-state index is -4.32. The number of amides is 1. The number of carbonyl (C=O) groups excluding carboxylic acids is 1. The van der Waals surface area contributed by atoms with Crippen molar-refractivity contribution in [2.24, 2.45) is 0 Å². The number of hydrogen-bond donors (Lipinski definition) is 0. The summed E-state index contributed by atoms with van der Waals surface area (Å²) in [5.74, 6) is -0.0168. The summed E-state index contributed by atoms with van der Waals surface area (Å²) in [4.78, 5) is 13.1. The van der Waals surface area contributed by atoms with Gasteiger partial charge in [0.25, 0.3) is 0 Å². The number of carbonyl (C=O) groups is 1. The molecule has 0 saturated carbocycles. The lowest BCUT2D eigenvalue weighted by Crippen LogP contribution is -2.26. The van der Waals surface area contributed by atoms with Crippen LogP contribution in [0, 0.1) is 0 Å². The highest BCUT2D eigenvalue weighted by Crippen LogP contribution is 2.31. The average molecular weight is 386 g/mol. The molecule has 0 bridgehead atoms. The van der Waals surface area contributed by atoms with Crippen LogP contribution in [0.4, 0.5) is 13.2 Å². The quantitative estimate of drug-likeness (QED) is 0.696. The van der Waals surface area contributed by atoms with E-state index in [1.165, 1.54) is 12.1 Å². The first-order valence-electron chi connectivity index (χ1n) is 6.88. The van der Waals surface area contributed by atoms with Crippen LogP contribution >= 0.6 is 15.9 Å². The number of nitrogens with zero attached hydrogens (tertiary/aromatic N) is 1. The van der Waals surface area contributed by atoms with E-state index in [1.54, 1.807) is 11.9 Å². The molecule has 0 spiro atoms. The highest BCUT2D eigenvalue weighted by atomic mass is 79.9. The number of halogens is 4. The number of alkyl halides is 4. The third kappa shape index (κ3) is 4.58. The van der Waals surface area contributed by atoms with Gasteiger partial charge in [0.2, 0.25) is 5.91 Å². The van der Waals surface area contributed by atoms with Gasteiger partial charge in [-0.05, 0) is 28.8 Å². The monoisotopic (exact) mass is 385 g/mol. The van der Waals surface area contributed by atoms with Crippen LogP contribution in [0.1, 0.15) is 11.1 Å². The van der Waals surface area contributed by atoms with Crippen LogP contribution in [0.15, 0.2) is 48.5 Å². The van der Waals surface area contributed by atoms with Crippen LogP contribution in [-0.2, 0) is 17.5 Å². The Labute approximate surface area is 141 Å². The molecule has 1 amide bonds. The molecule has 2 nitrogen and oxygen atoms in total. The predicted molar refractivity (Wildman–Crippen MR) is 87.1 cm³/mol. The van der Waals surface area contributed by atoms with Crippen molar-refractivity contribution in [1.82, 2.24) is 4.90 Å². The van der Waals surface area contributed by atoms with Crippen molar-refractivity contribution in [3.8, 4) is 11.1 Å². The van der Waals surface area contributed by atoms with E-state index < -0.39 is 11.7 Å². The zero-order chi connectivity index (χ0) is 17.0. The molecule has 0 radical (unpaired) electrons. The van der Waals surface area contributed by atoms with E-state index in [0.29, 0.717) is 6.54 Å². The maximum atomic E-state index is 12.6. The van der Waals surface area contributed by atoms with E-state index in [2.05, 4.69) is 15.9 Å². The predicted octanol–water partition coefficient (Wildman–Crippen LogP) is 4.73. The van der Waals surface area contributed by atoms with Gasteiger partial charge in [-0.25, -0.2) is 0 Å². The summed E-state index contributed by atoms with van der Waals surface area (Å²) in [6, 6.07) is 12.5. The van der Waals surface area contributed by atoms with Crippen LogP contribution in [-0.4, -0.2) is 23.2 Å². The molecule has 0 aliphatic rings. The SMILES string of the molecule is CN(Cc1ccc(-c2ccc(C(F)(F)F)cc2)cc1)C(=O)CBr. The van der Waals surface area contributed by atoms with E-state index in [1.807, 2.05) is 24.3 Å². The van der Waals surface area contributed by atoms with Gasteiger partial charge >= 0.3 is 6.18 Å². The van der Waals surface area contributed by atoms with Crippen molar-refractivity contribution in [3.05, 3.63) is 59.7 Å². The molecule has 23 heavy (non-hydrogen) atoms. The van der Waals surface area contributed by atoms with Crippen LogP contribution in [0.5, 0.6) is 0 Å². The topological polar surface area (TPSA) is 20.3 Å². The molecular formula is C17H15BrF3NO. The van der Waals surface area contributed by atoms with E-state index in [0.717, 1.165) is 28.8 Å². The average Bonchev–Trinajstić information content (AvgIpc) is 2.54. The third-order valence-corrected chi connectivity index (χ3v) is 3.94. The molecular weight excluding hydrogens is 371 g/mol. The second-order valence-electron chi connectivity index (χ2n) is 5.16.